The fourth-order valence-corrected chi connectivity index (χ4v) is 6.05. The average Bonchev–Trinajstić information content (AvgIpc) is 3.09. The van der Waals surface area contributed by atoms with Gasteiger partial charge in [-0.25, -0.2) is 0 Å². The van der Waals surface area contributed by atoms with Gasteiger partial charge in [0.25, 0.3) is 10.0 Å². The molecule has 0 saturated carbocycles. The molecular weight excluding hydrogens is 452 g/mol. The number of ether oxygens (including phenoxy) is 1. The first-order valence-electron chi connectivity index (χ1n) is 12.3. The monoisotopic (exact) mass is 490 g/mol. The van der Waals surface area contributed by atoms with Crippen molar-refractivity contribution >= 4 is 26.7 Å². The van der Waals surface area contributed by atoms with Crippen molar-refractivity contribution < 1.29 is 17.9 Å². The summed E-state index contributed by atoms with van der Waals surface area (Å²) in [5.74, 6) is 1.21. The number of nitrogens with zero attached hydrogens (tertiary/aromatic N) is 3. The average molecular weight is 491 g/mol. The van der Waals surface area contributed by atoms with E-state index in [0.29, 0.717) is 55.2 Å². The summed E-state index contributed by atoms with van der Waals surface area (Å²) >= 11 is 0. The van der Waals surface area contributed by atoms with E-state index < -0.39 is 10.0 Å². The quantitative estimate of drug-likeness (QED) is 0.542. The predicted molar refractivity (Wildman–Crippen MR) is 136 cm³/mol. The summed E-state index contributed by atoms with van der Waals surface area (Å²) in [5, 5.41) is 3.09. The van der Waals surface area contributed by atoms with Crippen LogP contribution in [0.4, 0.5) is 0 Å². The third-order valence-corrected chi connectivity index (χ3v) is 8.13. The molecule has 1 saturated heterocycles. The second-order valence-corrected chi connectivity index (χ2v) is 10.5. The summed E-state index contributed by atoms with van der Waals surface area (Å²) < 4.78 is 35.0. The first kappa shape index (κ1) is 26.2. The molecule has 9 heteroatoms. The van der Waals surface area contributed by atoms with Gasteiger partial charge in [-0.15, -0.1) is 4.40 Å². The van der Waals surface area contributed by atoms with Crippen molar-refractivity contribution in [3.05, 3.63) is 35.4 Å². The van der Waals surface area contributed by atoms with Crippen LogP contribution >= 0.6 is 0 Å². The molecule has 0 radical (unpaired) electrons. The lowest BCUT2D eigenvalue weighted by atomic mass is 9.95. The van der Waals surface area contributed by atoms with Crippen LogP contribution in [-0.4, -0.2) is 76.3 Å². The van der Waals surface area contributed by atoms with Gasteiger partial charge in [-0.05, 0) is 69.1 Å². The lowest BCUT2D eigenvalue weighted by Crippen LogP contribution is -2.44. The summed E-state index contributed by atoms with van der Waals surface area (Å²) in [6.07, 6.45) is 3.71. The minimum atomic E-state index is -3.77. The van der Waals surface area contributed by atoms with Crippen LogP contribution in [0.1, 0.15) is 52.0 Å². The number of hydrogen-bond donors (Lipinski definition) is 1. The third kappa shape index (κ3) is 6.18. The molecule has 2 heterocycles. The van der Waals surface area contributed by atoms with Gasteiger partial charge < -0.3 is 19.9 Å². The molecule has 2 aliphatic rings. The molecule has 0 aliphatic carbocycles. The minimum Gasteiger partial charge on any atom is -0.497 e. The van der Waals surface area contributed by atoms with Gasteiger partial charge in [0, 0.05) is 37.7 Å². The van der Waals surface area contributed by atoms with Crippen LogP contribution in [0.15, 0.2) is 34.2 Å². The Morgan fingerprint density at radius 3 is 2.44 bits per heavy atom. The maximum atomic E-state index is 12.8. The molecule has 0 aromatic heterocycles. The van der Waals surface area contributed by atoms with E-state index in [1.165, 1.54) is 12.8 Å². The number of nitrogens with one attached hydrogen (secondary N) is 1. The summed E-state index contributed by atoms with van der Waals surface area (Å²) in [5.41, 5.74) is 1.26. The van der Waals surface area contributed by atoms with E-state index in [1.807, 2.05) is 4.90 Å². The van der Waals surface area contributed by atoms with Crippen LogP contribution in [0.3, 0.4) is 0 Å². The number of amidine groups is 1. The maximum Gasteiger partial charge on any atom is 0.285 e. The Morgan fingerprint density at radius 2 is 1.85 bits per heavy atom. The molecule has 1 fully saturated rings. The van der Waals surface area contributed by atoms with Crippen molar-refractivity contribution in [2.45, 2.75) is 46.5 Å². The van der Waals surface area contributed by atoms with Gasteiger partial charge in [-0.3, -0.25) is 4.79 Å². The minimum absolute atomic E-state index is 0.0501. The van der Waals surface area contributed by atoms with Crippen molar-refractivity contribution in [3.8, 4) is 5.75 Å². The zero-order valence-electron chi connectivity index (χ0n) is 20.8. The Kier molecular flexibility index (Phi) is 9.13. The van der Waals surface area contributed by atoms with Gasteiger partial charge in [0.2, 0.25) is 5.91 Å². The SMILES string of the molecule is CCCCN(CC)CCNC(=O)C1CCN(C2=NS(=O)(=O)C(c3ccc(OC)cc3)=C2C)CC1. The topological polar surface area (TPSA) is 91.3 Å². The highest BCUT2D eigenvalue weighted by molar-refractivity contribution is 8.00. The van der Waals surface area contributed by atoms with E-state index in [-0.39, 0.29) is 16.7 Å². The smallest absolute Gasteiger partial charge is 0.285 e. The van der Waals surface area contributed by atoms with Crippen molar-refractivity contribution in [2.75, 3.05) is 46.4 Å². The largest absolute Gasteiger partial charge is 0.497 e. The molecule has 1 N–H and O–H groups in total. The summed E-state index contributed by atoms with van der Waals surface area (Å²) in [4.78, 5) is 17.3. The molecule has 8 nitrogen and oxygen atoms in total. The number of sulfonamides is 1. The third-order valence-electron chi connectivity index (χ3n) is 6.66. The molecule has 0 unspecified atom stereocenters. The molecule has 1 aromatic rings. The van der Waals surface area contributed by atoms with Gasteiger partial charge >= 0.3 is 0 Å². The number of benzene rings is 1. The number of likely N-dealkylation sites (tertiary alicyclic amines) is 1. The maximum absolute atomic E-state index is 12.8. The molecule has 1 amide bonds. The summed E-state index contributed by atoms with van der Waals surface area (Å²) in [6, 6.07) is 6.98. The molecule has 188 valence electrons. The second kappa shape index (κ2) is 11.8. The molecule has 1 aromatic carbocycles. The van der Waals surface area contributed by atoms with Crippen LogP contribution in [0, 0.1) is 5.92 Å². The van der Waals surface area contributed by atoms with E-state index >= 15 is 0 Å². The highest BCUT2D eigenvalue weighted by atomic mass is 32.2. The van der Waals surface area contributed by atoms with Gasteiger partial charge in [-0.2, -0.15) is 8.42 Å². The molecule has 0 atom stereocenters. The van der Waals surface area contributed by atoms with Crippen molar-refractivity contribution in [1.82, 2.24) is 15.1 Å². The summed E-state index contributed by atoms with van der Waals surface area (Å²) in [7, 11) is -2.19. The molecule has 3 rings (SSSR count). The van der Waals surface area contributed by atoms with E-state index in [1.54, 1.807) is 38.3 Å². The number of carbonyl (C=O) groups excluding carboxylic acids is 1. The lowest BCUT2D eigenvalue weighted by molar-refractivity contribution is -0.126. The van der Waals surface area contributed by atoms with Crippen LogP contribution < -0.4 is 10.1 Å². The fraction of sp³-hybridized carbons (Fsp3) is 0.600. The number of rotatable bonds is 10. The van der Waals surface area contributed by atoms with E-state index in [4.69, 9.17) is 4.74 Å². The molecule has 2 aliphatic heterocycles. The van der Waals surface area contributed by atoms with Gasteiger partial charge in [0.15, 0.2) is 0 Å². The Hall–Kier alpha value is -2.39. The van der Waals surface area contributed by atoms with Gasteiger partial charge in [-0.1, -0.05) is 20.3 Å². The molecular formula is C25H38N4O4S. The zero-order valence-corrected chi connectivity index (χ0v) is 21.7. The Morgan fingerprint density at radius 1 is 1.18 bits per heavy atom. The number of piperidine rings is 1. The van der Waals surface area contributed by atoms with Crippen LogP contribution in [0.5, 0.6) is 5.75 Å². The first-order valence-corrected chi connectivity index (χ1v) is 13.7. The van der Waals surface area contributed by atoms with Crippen LogP contribution in [0.25, 0.3) is 4.91 Å². The second-order valence-electron chi connectivity index (χ2n) is 8.91. The highest BCUT2D eigenvalue weighted by Crippen LogP contribution is 2.35. The van der Waals surface area contributed by atoms with Crippen LogP contribution in [0.2, 0.25) is 0 Å². The number of carbonyl (C=O) groups is 1. The number of hydrogen-bond acceptors (Lipinski definition) is 6. The number of amides is 1. The number of unbranched alkanes of at least 4 members (excludes halogenated alkanes) is 1. The Labute approximate surface area is 204 Å². The van der Waals surface area contributed by atoms with Crippen LogP contribution in [-0.2, 0) is 14.8 Å². The van der Waals surface area contributed by atoms with Crippen molar-refractivity contribution in [1.29, 1.82) is 0 Å². The van der Waals surface area contributed by atoms with Gasteiger partial charge in [0.1, 0.15) is 16.5 Å². The number of likely N-dealkylation sites (N-methyl/N-ethyl adjacent to an activating group) is 1. The Balaban J connectivity index is 1.57. The number of methoxy groups -OCH3 is 1. The molecule has 0 spiro atoms. The fourth-order valence-electron chi connectivity index (χ4n) is 4.57. The summed E-state index contributed by atoms with van der Waals surface area (Å²) in [6.45, 7) is 10.9. The van der Waals surface area contributed by atoms with Crippen molar-refractivity contribution in [2.24, 2.45) is 10.3 Å². The zero-order chi connectivity index (χ0) is 24.7. The standard InChI is InChI=1S/C25H38N4O4S/c1-5-7-15-28(6-2)18-14-26-25(30)21-12-16-29(17-13-21)24-19(3)23(34(31,32)27-24)20-8-10-22(33-4)11-9-20/h8-11,21H,5-7,12-18H2,1-4H3,(H,26,30). The van der Waals surface area contributed by atoms with Crippen molar-refractivity contribution in [3.63, 3.8) is 0 Å². The van der Waals surface area contributed by atoms with E-state index in [0.717, 1.165) is 19.6 Å². The first-order chi connectivity index (χ1) is 16.3. The van der Waals surface area contributed by atoms with Gasteiger partial charge in [0.05, 0.1) is 7.11 Å². The molecule has 34 heavy (non-hydrogen) atoms. The lowest BCUT2D eigenvalue weighted by Gasteiger charge is -2.33. The highest BCUT2D eigenvalue weighted by Gasteiger charge is 2.35. The van der Waals surface area contributed by atoms with E-state index in [9.17, 15) is 13.2 Å². The predicted octanol–water partition coefficient (Wildman–Crippen LogP) is 3.12. The Bertz CT molecular complexity index is 1010. The molecule has 0 bridgehead atoms. The normalized spacial score (nSPS) is 18.4. The van der Waals surface area contributed by atoms with E-state index in [2.05, 4.69) is 28.5 Å².